The standard InChI is InChI=1S/C24H39FO4/c1-13(4-7-21(28)29)15-5-6-16-22-17(8-9-23(15,16)2)24(3)12-18(25)19(26)10-14(24)11-20(22)27/h13-20,22,26-27H,4-12H2,1-3H3,(H,28,29)/t13-,14+,15-,16?,17?,18-,19-,20-,22?,23-,24+/m1/s1. The number of aliphatic hydroxyl groups is 2. The van der Waals surface area contributed by atoms with Gasteiger partial charge in [0.2, 0.25) is 0 Å². The Balaban J connectivity index is 1.57. The summed E-state index contributed by atoms with van der Waals surface area (Å²) in [5, 5.41) is 30.4. The van der Waals surface area contributed by atoms with Crippen LogP contribution in [0.5, 0.6) is 0 Å². The second-order valence-corrected chi connectivity index (χ2v) is 11.5. The first kappa shape index (κ1) is 21.5. The van der Waals surface area contributed by atoms with Crippen LogP contribution >= 0.6 is 0 Å². The number of aliphatic carboxylic acids is 1. The van der Waals surface area contributed by atoms with Gasteiger partial charge in [-0.15, -0.1) is 0 Å². The third-order valence-electron chi connectivity index (χ3n) is 10.2. The number of carboxylic acids is 1. The van der Waals surface area contributed by atoms with Gasteiger partial charge in [-0.25, -0.2) is 4.39 Å². The summed E-state index contributed by atoms with van der Waals surface area (Å²) in [6.07, 6.45) is 4.48. The fourth-order valence-electron chi connectivity index (χ4n) is 8.73. The third kappa shape index (κ3) is 3.35. The average molecular weight is 411 g/mol. The van der Waals surface area contributed by atoms with E-state index < -0.39 is 18.2 Å². The van der Waals surface area contributed by atoms with Crippen LogP contribution in [0.4, 0.5) is 4.39 Å². The molecule has 0 radical (unpaired) electrons. The van der Waals surface area contributed by atoms with Crippen LogP contribution < -0.4 is 0 Å². The van der Waals surface area contributed by atoms with Crippen molar-refractivity contribution >= 4 is 5.97 Å². The predicted octanol–water partition coefficient (Wildman–Crippen LogP) is 4.43. The first-order valence-corrected chi connectivity index (χ1v) is 11.8. The average Bonchev–Trinajstić information content (AvgIpc) is 2.99. The van der Waals surface area contributed by atoms with Crippen LogP contribution in [0.25, 0.3) is 0 Å². The Morgan fingerprint density at radius 2 is 1.72 bits per heavy atom. The normalized spacial score (nSPS) is 52.9. The molecule has 4 nitrogen and oxygen atoms in total. The Hall–Kier alpha value is -0.680. The number of aliphatic hydroxyl groups excluding tert-OH is 2. The van der Waals surface area contributed by atoms with E-state index in [-0.39, 0.29) is 35.2 Å². The van der Waals surface area contributed by atoms with Crippen molar-refractivity contribution in [1.29, 1.82) is 0 Å². The van der Waals surface area contributed by atoms with Gasteiger partial charge >= 0.3 is 5.97 Å². The topological polar surface area (TPSA) is 77.8 Å². The van der Waals surface area contributed by atoms with Crippen LogP contribution in [0.3, 0.4) is 0 Å². The Morgan fingerprint density at radius 1 is 1.07 bits per heavy atom. The lowest BCUT2D eigenvalue weighted by atomic mass is 9.43. The fraction of sp³-hybridized carbons (Fsp3) is 0.958. The smallest absolute Gasteiger partial charge is 0.303 e. The largest absolute Gasteiger partial charge is 0.481 e. The van der Waals surface area contributed by atoms with E-state index in [1.165, 1.54) is 0 Å². The van der Waals surface area contributed by atoms with Crippen LogP contribution in [-0.4, -0.2) is 39.7 Å². The van der Waals surface area contributed by atoms with Crippen molar-refractivity contribution in [1.82, 2.24) is 0 Å². The number of hydrogen-bond donors (Lipinski definition) is 3. The van der Waals surface area contributed by atoms with E-state index in [1.54, 1.807) is 0 Å². The maximum Gasteiger partial charge on any atom is 0.303 e. The molecule has 5 heteroatoms. The molecule has 0 heterocycles. The number of carboxylic acid groups (broad SMARTS) is 1. The molecule has 4 aliphatic rings. The fourth-order valence-corrected chi connectivity index (χ4v) is 8.73. The molecule has 4 rings (SSSR count). The van der Waals surface area contributed by atoms with Gasteiger partial charge in [0.05, 0.1) is 12.2 Å². The maximum absolute atomic E-state index is 14.5. The number of halogens is 1. The number of rotatable bonds is 4. The summed E-state index contributed by atoms with van der Waals surface area (Å²) in [6, 6.07) is 0. The molecule has 0 spiro atoms. The summed E-state index contributed by atoms with van der Waals surface area (Å²) >= 11 is 0. The van der Waals surface area contributed by atoms with Crippen molar-refractivity contribution in [2.75, 3.05) is 0 Å². The molecule has 0 aromatic heterocycles. The third-order valence-corrected chi connectivity index (χ3v) is 10.2. The highest BCUT2D eigenvalue weighted by Crippen LogP contribution is 2.68. The van der Waals surface area contributed by atoms with E-state index >= 15 is 0 Å². The highest BCUT2D eigenvalue weighted by atomic mass is 19.1. The Bertz CT molecular complexity index is 640. The van der Waals surface area contributed by atoms with Gasteiger partial charge in [0.25, 0.3) is 0 Å². The molecular formula is C24H39FO4. The van der Waals surface area contributed by atoms with Crippen LogP contribution in [0.2, 0.25) is 0 Å². The molecule has 29 heavy (non-hydrogen) atoms. The first-order valence-electron chi connectivity index (χ1n) is 11.8. The summed E-state index contributed by atoms with van der Waals surface area (Å²) in [4.78, 5) is 11.0. The second kappa shape index (κ2) is 7.47. The van der Waals surface area contributed by atoms with Crippen LogP contribution in [0.15, 0.2) is 0 Å². The van der Waals surface area contributed by atoms with Crippen molar-refractivity contribution in [2.24, 2.45) is 46.3 Å². The quantitative estimate of drug-likeness (QED) is 0.641. The molecule has 166 valence electrons. The molecule has 3 N–H and O–H groups in total. The minimum absolute atomic E-state index is 0.128. The molecule has 0 aromatic carbocycles. The lowest BCUT2D eigenvalue weighted by Crippen LogP contribution is -2.60. The van der Waals surface area contributed by atoms with Crippen molar-refractivity contribution in [2.45, 2.75) is 96.9 Å². The Kier molecular flexibility index (Phi) is 5.55. The number of hydrogen-bond acceptors (Lipinski definition) is 3. The minimum Gasteiger partial charge on any atom is -0.481 e. The van der Waals surface area contributed by atoms with E-state index in [2.05, 4.69) is 20.8 Å². The zero-order chi connectivity index (χ0) is 21.1. The van der Waals surface area contributed by atoms with E-state index in [0.29, 0.717) is 42.9 Å². The van der Waals surface area contributed by atoms with Gasteiger partial charge in [-0.3, -0.25) is 4.79 Å². The number of carbonyl (C=O) groups is 1. The molecule has 0 amide bonds. The summed E-state index contributed by atoms with van der Waals surface area (Å²) in [6.45, 7) is 6.81. The molecule has 0 aliphatic heterocycles. The lowest BCUT2D eigenvalue weighted by Gasteiger charge is -2.62. The highest BCUT2D eigenvalue weighted by Gasteiger charge is 2.63. The highest BCUT2D eigenvalue weighted by molar-refractivity contribution is 5.66. The van der Waals surface area contributed by atoms with Gasteiger partial charge in [0.1, 0.15) is 6.17 Å². The SMILES string of the molecule is C[C@H](CCC(=O)O)[C@H]1CCC2C3C(CC[C@@]21C)[C@@]1(C)C[C@@H](F)[C@H](O)C[C@H]1C[C@H]3O. The Morgan fingerprint density at radius 3 is 2.41 bits per heavy atom. The van der Waals surface area contributed by atoms with Gasteiger partial charge in [-0.1, -0.05) is 20.8 Å². The number of alkyl halides is 1. The van der Waals surface area contributed by atoms with Gasteiger partial charge in [-0.2, -0.15) is 0 Å². The van der Waals surface area contributed by atoms with Gasteiger partial charge in [0.15, 0.2) is 0 Å². The van der Waals surface area contributed by atoms with Crippen LogP contribution in [0.1, 0.15) is 78.6 Å². The maximum atomic E-state index is 14.5. The van der Waals surface area contributed by atoms with E-state index in [0.717, 1.165) is 32.1 Å². The predicted molar refractivity (Wildman–Crippen MR) is 109 cm³/mol. The van der Waals surface area contributed by atoms with E-state index in [9.17, 15) is 19.4 Å². The van der Waals surface area contributed by atoms with Crippen molar-refractivity contribution in [3.63, 3.8) is 0 Å². The summed E-state index contributed by atoms with van der Waals surface area (Å²) in [5.74, 6) is 1.35. The molecule has 4 fully saturated rings. The van der Waals surface area contributed by atoms with Gasteiger partial charge in [-0.05, 0) is 97.7 Å². The first-order chi connectivity index (χ1) is 13.6. The molecule has 0 aromatic rings. The summed E-state index contributed by atoms with van der Waals surface area (Å²) in [5.41, 5.74) is 0.0173. The van der Waals surface area contributed by atoms with E-state index in [1.807, 2.05) is 0 Å². The molecular weight excluding hydrogens is 371 g/mol. The summed E-state index contributed by atoms with van der Waals surface area (Å²) in [7, 11) is 0. The number of fused-ring (bicyclic) bond motifs is 5. The Labute approximate surface area is 174 Å². The van der Waals surface area contributed by atoms with Gasteiger partial charge in [0, 0.05) is 6.42 Å². The molecule has 0 saturated heterocycles. The zero-order valence-corrected chi connectivity index (χ0v) is 18.2. The second-order valence-electron chi connectivity index (χ2n) is 11.5. The molecule has 3 unspecified atom stereocenters. The molecule has 4 saturated carbocycles. The van der Waals surface area contributed by atoms with E-state index in [4.69, 9.17) is 5.11 Å². The monoisotopic (exact) mass is 410 g/mol. The van der Waals surface area contributed by atoms with Crippen LogP contribution in [-0.2, 0) is 4.79 Å². The minimum atomic E-state index is -1.15. The zero-order valence-electron chi connectivity index (χ0n) is 18.2. The summed E-state index contributed by atoms with van der Waals surface area (Å²) < 4.78 is 14.5. The lowest BCUT2D eigenvalue weighted by molar-refractivity contribution is -0.186. The molecule has 4 aliphatic carbocycles. The molecule has 11 atom stereocenters. The molecule has 0 bridgehead atoms. The van der Waals surface area contributed by atoms with Crippen molar-refractivity contribution in [3.8, 4) is 0 Å². The van der Waals surface area contributed by atoms with Gasteiger partial charge < -0.3 is 15.3 Å². The van der Waals surface area contributed by atoms with Crippen LogP contribution in [0, 0.1) is 46.3 Å². The van der Waals surface area contributed by atoms with Crippen molar-refractivity contribution < 1.29 is 24.5 Å². The van der Waals surface area contributed by atoms with Crippen molar-refractivity contribution in [3.05, 3.63) is 0 Å².